The second-order valence-corrected chi connectivity index (χ2v) is 5.99. The zero-order valence-corrected chi connectivity index (χ0v) is 12.5. The van der Waals surface area contributed by atoms with E-state index in [1.165, 1.54) is 0 Å². The van der Waals surface area contributed by atoms with Gasteiger partial charge in [0.25, 0.3) is 0 Å². The van der Waals surface area contributed by atoms with E-state index in [9.17, 15) is 4.39 Å². The highest BCUT2D eigenvalue weighted by Crippen LogP contribution is 2.32. The first-order valence-electron chi connectivity index (χ1n) is 7.68. The Morgan fingerprint density at radius 2 is 2.18 bits per heavy atom. The summed E-state index contributed by atoms with van der Waals surface area (Å²) < 4.78 is 15.5. The molecule has 0 saturated heterocycles. The number of benzene rings is 1. The summed E-state index contributed by atoms with van der Waals surface area (Å²) in [5, 5.41) is 0. The van der Waals surface area contributed by atoms with Crippen molar-refractivity contribution in [2.45, 2.75) is 32.4 Å². The van der Waals surface area contributed by atoms with Gasteiger partial charge in [0.2, 0.25) is 0 Å². The smallest absolute Gasteiger partial charge is 0.137 e. The molecule has 0 aliphatic carbocycles. The van der Waals surface area contributed by atoms with Crippen molar-refractivity contribution in [3.63, 3.8) is 0 Å². The number of anilines is 1. The third-order valence-corrected chi connectivity index (χ3v) is 4.46. The van der Waals surface area contributed by atoms with Gasteiger partial charge in [0.05, 0.1) is 12.2 Å². The van der Waals surface area contributed by atoms with Gasteiger partial charge in [-0.15, -0.1) is 0 Å². The predicted molar refractivity (Wildman–Crippen MR) is 85.6 cm³/mol. The van der Waals surface area contributed by atoms with E-state index in [4.69, 9.17) is 0 Å². The van der Waals surface area contributed by atoms with Crippen molar-refractivity contribution < 1.29 is 4.39 Å². The molecule has 112 valence electrons. The van der Waals surface area contributed by atoms with Crippen LogP contribution in [0.1, 0.15) is 24.6 Å². The van der Waals surface area contributed by atoms with Crippen LogP contribution in [0, 0.1) is 5.82 Å². The van der Waals surface area contributed by atoms with Crippen LogP contribution >= 0.6 is 0 Å². The quantitative estimate of drug-likeness (QED) is 0.716. The maximum absolute atomic E-state index is 13.5. The first-order chi connectivity index (χ1) is 10.7. The molecule has 1 aliphatic heterocycles. The monoisotopic (exact) mass is 295 g/mol. The van der Waals surface area contributed by atoms with Crippen LogP contribution in [0.3, 0.4) is 0 Å². The SMILES string of the molecule is CC1CCc2cc(F)ccc2N1Cc1cn2ccccc2n1. The largest absolute Gasteiger partial charge is 0.363 e. The minimum absolute atomic E-state index is 0.152. The number of hydrogen-bond donors (Lipinski definition) is 0. The zero-order valence-electron chi connectivity index (χ0n) is 12.5. The molecule has 4 heteroatoms. The molecule has 3 nitrogen and oxygen atoms in total. The number of aromatic nitrogens is 2. The number of aryl methyl sites for hydroxylation is 1. The molecule has 4 rings (SSSR count). The van der Waals surface area contributed by atoms with Gasteiger partial charge >= 0.3 is 0 Å². The van der Waals surface area contributed by atoms with Crippen molar-refractivity contribution in [3.8, 4) is 0 Å². The molecule has 0 amide bonds. The molecule has 0 saturated carbocycles. The third-order valence-electron chi connectivity index (χ3n) is 4.46. The van der Waals surface area contributed by atoms with Gasteiger partial charge in [-0.2, -0.15) is 0 Å². The van der Waals surface area contributed by atoms with Crippen molar-refractivity contribution in [3.05, 3.63) is 65.9 Å². The molecule has 3 heterocycles. The summed E-state index contributed by atoms with van der Waals surface area (Å²) in [5.74, 6) is -0.152. The molecule has 1 aromatic carbocycles. The van der Waals surface area contributed by atoms with Crippen LogP contribution < -0.4 is 4.90 Å². The standard InChI is InChI=1S/C18H18FN3/c1-13-5-6-14-10-15(19)7-8-17(14)22(13)12-16-11-21-9-3-2-4-18(21)20-16/h2-4,7-11,13H,5-6,12H2,1H3. The van der Waals surface area contributed by atoms with Gasteiger partial charge in [0.1, 0.15) is 11.5 Å². The van der Waals surface area contributed by atoms with Crippen molar-refractivity contribution in [2.24, 2.45) is 0 Å². The van der Waals surface area contributed by atoms with E-state index in [2.05, 4.69) is 23.0 Å². The predicted octanol–water partition coefficient (Wildman–Crippen LogP) is 3.81. The van der Waals surface area contributed by atoms with Crippen LogP contribution in [0.15, 0.2) is 48.8 Å². The van der Waals surface area contributed by atoms with Crippen LogP contribution in [0.4, 0.5) is 10.1 Å². The topological polar surface area (TPSA) is 20.5 Å². The number of fused-ring (bicyclic) bond motifs is 2. The van der Waals surface area contributed by atoms with Crippen LogP contribution in [-0.2, 0) is 13.0 Å². The molecule has 22 heavy (non-hydrogen) atoms. The fraction of sp³-hybridized carbons (Fsp3) is 0.278. The summed E-state index contributed by atoms with van der Waals surface area (Å²) >= 11 is 0. The molecule has 0 N–H and O–H groups in total. The number of pyridine rings is 1. The molecule has 2 aromatic heterocycles. The van der Waals surface area contributed by atoms with Crippen molar-refractivity contribution >= 4 is 11.3 Å². The summed E-state index contributed by atoms with van der Waals surface area (Å²) in [7, 11) is 0. The summed E-state index contributed by atoms with van der Waals surface area (Å²) in [5.41, 5.74) is 4.23. The maximum atomic E-state index is 13.5. The molecule has 0 radical (unpaired) electrons. The van der Waals surface area contributed by atoms with E-state index in [1.54, 1.807) is 12.1 Å². The lowest BCUT2D eigenvalue weighted by Crippen LogP contribution is -2.36. The lowest BCUT2D eigenvalue weighted by atomic mass is 9.96. The van der Waals surface area contributed by atoms with Gasteiger partial charge in [-0.1, -0.05) is 6.07 Å². The van der Waals surface area contributed by atoms with Crippen LogP contribution in [0.25, 0.3) is 5.65 Å². The fourth-order valence-corrected chi connectivity index (χ4v) is 3.27. The number of halogens is 1. The van der Waals surface area contributed by atoms with Gasteiger partial charge in [-0.05, 0) is 55.7 Å². The molecule has 0 bridgehead atoms. The second-order valence-electron chi connectivity index (χ2n) is 5.99. The van der Waals surface area contributed by atoms with Gasteiger partial charge in [0, 0.05) is 24.1 Å². The molecule has 1 unspecified atom stereocenters. The summed E-state index contributed by atoms with van der Waals surface area (Å²) in [4.78, 5) is 7.01. The molecular formula is C18H18FN3. The average molecular weight is 295 g/mol. The minimum Gasteiger partial charge on any atom is -0.363 e. The highest BCUT2D eigenvalue weighted by Gasteiger charge is 2.24. The third kappa shape index (κ3) is 2.25. The Morgan fingerprint density at radius 1 is 1.27 bits per heavy atom. The average Bonchev–Trinajstić information content (AvgIpc) is 2.92. The minimum atomic E-state index is -0.152. The van der Waals surface area contributed by atoms with Crippen LogP contribution in [0.2, 0.25) is 0 Å². The Bertz CT molecular complexity index is 791. The van der Waals surface area contributed by atoms with Crippen LogP contribution in [0.5, 0.6) is 0 Å². The Labute approximate surface area is 129 Å². The van der Waals surface area contributed by atoms with Crippen LogP contribution in [-0.4, -0.2) is 15.4 Å². The number of nitrogens with zero attached hydrogens (tertiary/aromatic N) is 3. The highest BCUT2D eigenvalue weighted by molar-refractivity contribution is 5.57. The molecule has 0 fully saturated rings. The van der Waals surface area contributed by atoms with Gasteiger partial charge in [-0.3, -0.25) is 0 Å². The summed E-state index contributed by atoms with van der Waals surface area (Å²) in [6.45, 7) is 2.98. The Hall–Kier alpha value is -2.36. The van der Waals surface area contributed by atoms with E-state index in [0.717, 1.165) is 42.0 Å². The number of hydrogen-bond acceptors (Lipinski definition) is 2. The lowest BCUT2D eigenvalue weighted by Gasteiger charge is -2.36. The van der Waals surface area contributed by atoms with E-state index in [-0.39, 0.29) is 5.82 Å². The van der Waals surface area contributed by atoms with Crippen molar-refractivity contribution in [2.75, 3.05) is 4.90 Å². The van der Waals surface area contributed by atoms with E-state index < -0.39 is 0 Å². The van der Waals surface area contributed by atoms with Crippen molar-refractivity contribution in [1.82, 2.24) is 9.38 Å². The van der Waals surface area contributed by atoms with E-state index in [0.29, 0.717) is 6.04 Å². The van der Waals surface area contributed by atoms with Gasteiger partial charge < -0.3 is 9.30 Å². The Balaban J connectivity index is 1.70. The second kappa shape index (κ2) is 5.13. The molecule has 0 spiro atoms. The first kappa shape index (κ1) is 13.3. The van der Waals surface area contributed by atoms with Gasteiger partial charge in [0.15, 0.2) is 0 Å². The summed E-state index contributed by atoms with van der Waals surface area (Å²) in [6, 6.07) is 11.5. The van der Waals surface area contributed by atoms with E-state index in [1.807, 2.05) is 34.9 Å². The number of rotatable bonds is 2. The highest BCUT2D eigenvalue weighted by atomic mass is 19.1. The molecule has 1 aliphatic rings. The summed E-state index contributed by atoms with van der Waals surface area (Å²) in [6.07, 6.45) is 6.06. The van der Waals surface area contributed by atoms with Crippen molar-refractivity contribution in [1.29, 1.82) is 0 Å². The Morgan fingerprint density at radius 3 is 3.05 bits per heavy atom. The molecular weight excluding hydrogens is 277 g/mol. The normalized spacial score (nSPS) is 17.7. The lowest BCUT2D eigenvalue weighted by molar-refractivity contribution is 0.551. The Kier molecular flexibility index (Phi) is 3.10. The molecule has 3 aromatic rings. The molecule has 1 atom stereocenters. The zero-order chi connectivity index (χ0) is 15.1. The van der Waals surface area contributed by atoms with Gasteiger partial charge in [-0.25, -0.2) is 9.37 Å². The fourth-order valence-electron chi connectivity index (χ4n) is 3.27. The van der Waals surface area contributed by atoms with E-state index >= 15 is 0 Å². The maximum Gasteiger partial charge on any atom is 0.137 e. The number of imidazole rings is 1. The first-order valence-corrected chi connectivity index (χ1v) is 7.68.